The van der Waals surface area contributed by atoms with Gasteiger partial charge < -0.3 is 18.9 Å². The summed E-state index contributed by atoms with van der Waals surface area (Å²) >= 11 is 0. The molecule has 0 fully saturated rings. The van der Waals surface area contributed by atoms with Gasteiger partial charge in [0.05, 0.1) is 50.0 Å². The Balaban J connectivity index is 2.03. The normalized spacial score (nSPS) is 24.8. The second-order valence-corrected chi connectivity index (χ2v) is 8.00. The second kappa shape index (κ2) is 12.9. The molecular formula is C24H37NO4. The number of pyridine rings is 1. The van der Waals surface area contributed by atoms with Crippen LogP contribution in [0.4, 0.5) is 0 Å². The van der Waals surface area contributed by atoms with Crippen molar-refractivity contribution in [1.29, 1.82) is 0 Å². The van der Waals surface area contributed by atoms with Gasteiger partial charge in [-0.1, -0.05) is 18.2 Å². The molecule has 2 bridgehead atoms. The number of allylic oxidation sites excluding steroid dienone is 2. The standard InChI is InChI=1S/C24H37NO4/c1-5-10-24(11-6-2)12-14-26-16-20(3)28-18-22-8-7-9-23(25-22)19-29-21(4)17-27-15-13-24/h5-9,20-21H,1-2,10-19H2,3-4H3/t20-,21-/m0/s1. The van der Waals surface area contributed by atoms with E-state index in [0.717, 1.165) is 37.1 Å². The van der Waals surface area contributed by atoms with Gasteiger partial charge in [-0.05, 0) is 57.1 Å². The Kier molecular flexibility index (Phi) is 10.6. The van der Waals surface area contributed by atoms with Crippen LogP contribution in [0.3, 0.4) is 0 Å². The van der Waals surface area contributed by atoms with Gasteiger partial charge in [-0.25, -0.2) is 0 Å². The molecule has 0 aromatic carbocycles. The van der Waals surface area contributed by atoms with Gasteiger partial charge in [0.1, 0.15) is 0 Å². The molecule has 2 heterocycles. The lowest BCUT2D eigenvalue weighted by atomic mass is 9.75. The van der Waals surface area contributed by atoms with Crippen molar-refractivity contribution in [1.82, 2.24) is 4.98 Å². The maximum Gasteiger partial charge on any atom is 0.0892 e. The minimum Gasteiger partial charge on any atom is -0.379 e. The molecule has 0 amide bonds. The van der Waals surface area contributed by atoms with E-state index in [2.05, 4.69) is 18.1 Å². The summed E-state index contributed by atoms with van der Waals surface area (Å²) in [5.41, 5.74) is 1.88. The zero-order chi connectivity index (χ0) is 21.0. The molecule has 162 valence electrons. The number of aromatic nitrogens is 1. The number of rotatable bonds is 4. The molecule has 1 aromatic rings. The zero-order valence-corrected chi connectivity index (χ0v) is 18.1. The van der Waals surface area contributed by atoms with Crippen molar-refractivity contribution < 1.29 is 18.9 Å². The predicted molar refractivity (Wildman–Crippen MR) is 116 cm³/mol. The number of nitrogens with zero attached hydrogens (tertiary/aromatic N) is 1. The largest absolute Gasteiger partial charge is 0.379 e. The predicted octanol–water partition coefficient (Wildman–Crippen LogP) is 4.86. The average molecular weight is 404 g/mol. The molecule has 0 unspecified atom stereocenters. The van der Waals surface area contributed by atoms with Crippen LogP contribution >= 0.6 is 0 Å². The van der Waals surface area contributed by atoms with Crippen molar-refractivity contribution in [2.45, 2.75) is 65.0 Å². The van der Waals surface area contributed by atoms with E-state index in [-0.39, 0.29) is 17.6 Å². The maximum atomic E-state index is 5.94. The highest BCUT2D eigenvalue weighted by Crippen LogP contribution is 2.36. The van der Waals surface area contributed by atoms with Gasteiger partial charge in [0.15, 0.2) is 0 Å². The van der Waals surface area contributed by atoms with Gasteiger partial charge >= 0.3 is 0 Å². The minimum atomic E-state index is 0.00662. The van der Waals surface area contributed by atoms with Crippen LogP contribution in [0.1, 0.15) is 50.9 Å². The molecule has 0 radical (unpaired) electrons. The lowest BCUT2D eigenvalue weighted by molar-refractivity contribution is -0.0345. The first-order chi connectivity index (χ1) is 14.1. The van der Waals surface area contributed by atoms with Gasteiger partial charge in [-0.3, -0.25) is 4.98 Å². The molecule has 0 saturated carbocycles. The first-order valence-corrected chi connectivity index (χ1v) is 10.6. The van der Waals surface area contributed by atoms with E-state index >= 15 is 0 Å². The Hall–Kier alpha value is -1.53. The number of fused-ring (bicyclic) bond motifs is 2. The lowest BCUT2D eigenvalue weighted by Crippen LogP contribution is -2.26. The van der Waals surface area contributed by atoms with E-state index in [1.165, 1.54) is 0 Å². The third kappa shape index (κ3) is 8.79. The number of ether oxygens (including phenoxy) is 4. The molecule has 0 saturated heterocycles. The Morgan fingerprint density at radius 1 is 0.931 bits per heavy atom. The van der Waals surface area contributed by atoms with E-state index in [9.17, 15) is 0 Å². The summed E-state index contributed by atoms with van der Waals surface area (Å²) in [5.74, 6) is 0. The average Bonchev–Trinajstić information content (AvgIpc) is 2.71. The van der Waals surface area contributed by atoms with Gasteiger partial charge in [0, 0.05) is 13.2 Å². The van der Waals surface area contributed by atoms with Crippen molar-refractivity contribution >= 4 is 0 Å². The summed E-state index contributed by atoms with van der Waals surface area (Å²) in [6.07, 6.45) is 7.72. The maximum absolute atomic E-state index is 5.94. The van der Waals surface area contributed by atoms with Crippen molar-refractivity contribution in [3.8, 4) is 0 Å². The molecule has 5 heteroatoms. The van der Waals surface area contributed by atoms with Crippen LogP contribution in [0, 0.1) is 5.41 Å². The summed E-state index contributed by atoms with van der Waals surface area (Å²) in [6.45, 7) is 15.4. The molecule has 1 aliphatic heterocycles. The topological polar surface area (TPSA) is 49.8 Å². The molecule has 0 aliphatic carbocycles. The van der Waals surface area contributed by atoms with E-state index in [1.807, 2.05) is 44.2 Å². The lowest BCUT2D eigenvalue weighted by Gasteiger charge is -2.32. The van der Waals surface area contributed by atoms with Gasteiger partial charge in [0.2, 0.25) is 0 Å². The molecule has 29 heavy (non-hydrogen) atoms. The monoisotopic (exact) mass is 403 g/mol. The quantitative estimate of drug-likeness (QED) is 0.672. The van der Waals surface area contributed by atoms with Gasteiger partial charge in [-0.2, -0.15) is 0 Å². The van der Waals surface area contributed by atoms with E-state index < -0.39 is 0 Å². The van der Waals surface area contributed by atoms with Crippen molar-refractivity contribution in [3.05, 3.63) is 54.9 Å². The van der Waals surface area contributed by atoms with Gasteiger partial charge in [-0.15, -0.1) is 13.2 Å². The number of hydrogen-bond acceptors (Lipinski definition) is 5. The van der Waals surface area contributed by atoms with Crippen molar-refractivity contribution in [2.75, 3.05) is 26.4 Å². The van der Waals surface area contributed by atoms with Crippen LogP contribution in [0.5, 0.6) is 0 Å². The Morgan fingerprint density at radius 3 is 1.86 bits per heavy atom. The first kappa shape index (κ1) is 23.7. The molecule has 1 aromatic heterocycles. The molecule has 0 spiro atoms. The van der Waals surface area contributed by atoms with Crippen LogP contribution in [0.25, 0.3) is 0 Å². The van der Waals surface area contributed by atoms with E-state index in [0.29, 0.717) is 39.6 Å². The van der Waals surface area contributed by atoms with Crippen molar-refractivity contribution in [3.63, 3.8) is 0 Å². The molecule has 0 N–H and O–H groups in total. The third-order valence-electron chi connectivity index (χ3n) is 5.31. The Morgan fingerprint density at radius 2 is 1.41 bits per heavy atom. The molecular weight excluding hydrogens is 366 g/mol. The Labute approximate surface area is 176 Å². The minimum absolute atomic E-state index is 0.00662. The first-order valence-electron chi connectivity index (χ1n) is 10.6. The third-order valence-corrected chi connectivity index (χ3v) is 5.31. The van der Waals surface area contributed by atoms with Crippen LogP contribution in [-0.4, -0.2) is 43.6 Å². The van der Waals surface area contributed by atoms with Crippen LogP contribution < -0.4 is 0 Å². The smallest absolute Gasteiger partial charge is 0.0892 e. The molecule has 2 atom stereocenters. The molecule has 2 rings (SSSR count). The summed E-state index contributed by atoms with van der Waals surface area (Å²) in [6, 6.07) is 5.94. The van der Waals surface area contributed by atoms with Crippen LogP contribution in [0.15, 0.2) is 43.5 Å². The molecule has 1 aliphatic rings. The van der Waals surface area contributed by atoms with Crippen molar-refractivity contribution in [2.24, 2.45) is 5.41 Å². The van der Waals surface area contributed by atoms with Crippen LogP contribution in [-0.2, 0) is 32.2 Å². The summed E-state index contributed by atoms with van der Waals surface area (Å²) in [4.78, 5) is 4.61. The van der Waals surface area contributed by atoms with Gasteiger partial charge in [0.25, 0.3) is 0 Å². The van der Waals surface area contributed by atoms with Crippen LogP contribution in [0.2, 0.25) is 0 Å². The second-order valence-electron chi connectivity index (χ2n) is 8.00. The fourth-order valence-electron chi connectivity index (χ4n) is 3.55. The number of hydrogen-bond donors (Lipinski definition) is 0. The van der Waals surface area contributed by atoms with E-state index in [4.69, 9.17) is 18.9 Å². The zero-order valence-electron chi connectivity index (χ0n) is 18.1. The van der Waals surface area contributed by atoms with E-state index in [1.54, 1.807) is 0 Å². The summed E-state index contributed by atoms with van der Waals surface area (Å²) in [7, 11) is 0. The highest BCUT2D eigenvalue weighted by Gasteiger charge is 2.27. The fraction of sp³-hybridized carbons (Fsp3) is 0.625. The highest BCUT2D eigenvalue weighted by molar-refractivity contribution is 5.10. The summed E-state index contributed by atoms with van der Waals surface area (Å²) < 4.78 is 23.7. The Bertz CT molecular complexity index is 569. The SMILES string of the molecule is C=CCC1(CC=C)CCOC[C@H](C)OCc2cccc(n2)CO[C@@H](C)COCC1. The summed E-state index contributed by atoms with van der Waals surface area (Å²) in [5, 5.41) is 0. The molecule has 5 nitrogen and oxygen atoms in total. The highest BCUT2D eigenvalue weighted by atomic mass is 16.5. The fourth-order valence-corrected chi connectivity index (χ4v) is 3.55.